The Bertz CT molecular complexity index is 806. The van der Waals surface area contributed by atoms with Crippen LogP contribution in [0.1, 0.15) is 40.2 Å². The van der Waals surface area contributed by atoms with Gasteiger partial charge in [-0.15, -0.1) is 0 Å². The summed E-state index contributed by atoms with van der Waals surface area (Å²) in [5, 5.41) is 3.87. The van der Waals surface area contributed by atoms with E-state index in [0.717, 1.165) is 22.0 Å². The fourth-order valence-corrected chi connectivity index (χ4v) is 2.71. The molecule has 0 aliphatic carbocycles. The molecule has 0 saturated carbocycles. The molecule has 5 nitrogen and oxygen atoms in total. The summed E-state index contributed by atoms with van der Waals surface area (Å²) in [5.41, 5.74) is 1.86. The number of nitrogens with one attached hydrogen (secondary N) is 1. The fraction of sp³-hybridized carbons (Fsp3) is 0.421. The molecular weight excluding hydrogens is 317 g/mol. The summed E-state index contributed by atoms with van der Waals surface area (Å²) < 4.78 is 17.7. The van der Waals surface area contributed by atoms with Crippen LogP contribution in [0.5, 0.6) is 0 Å². The Labute approximate surface area is 148 Å². The van der Waals surface area contributed by atoms with Crippen molar-refractivity contribution in [2.24, 2.45) is 0 Å². The lowest BCUT2D eigenvalue weighted by atomic mass is 9.77. The second-order valence-corrected chi connectivity index (χ2v) is 7.44. The summed E-state index contributed by atoms with van der Waals surface area (Å²) >= 11 is 0. The number of carbonyl (C=O) groups excluding carboxylic acids is 1. The van der Waals surface area contributed by atoms with Crippen molar-refractivity contribution in [1.82, 2.24) is 5.32 Å². The molecule has 0 bridgehead atoms. The lowest BCUT2D eigenvalue weighted by Crippen LogP contribution is -2.41. The molecule has 1 aromatic heterocycles. The van der Waals surface area contributed by atoms with Crippen molar-refractivity contribution >= 4 is 30.1 Å². The van der Waals surface area contributed by atoms with Crippen LogP contribution in [0.2, 0.25) is 0 Å². The maximum absolute atomic E-state index is 11.4. The standard InChI is InChI=1S/C19H24BNO4/c1-13(22)21-12-16(20-24-18(2,3)19(4,5)25-20)11-14-6-7-17-15(10-14)8-9-23-17/h6-11H,12H2,1-5H3,(H,21,22). The van der Waals surface area contributed by atoms with Gasteiger partial charge in [-0.1, -0.05) is 12.1 Å². The Kier molecular flexibility index (Phi) is 4.52. The van der Waals surface area contributed by atoms with Crippen LogP contribution in [0.4, 0.5) is 0 Å². The minimum absolute atomic E-state index is 0.0901. The number of carbonyl (C=O) groups is 1. The minimum atomic E-state index is -0.503. The van der Waals surface area contributed by atoms with E-state index in [2.05, 4.69) is 5.32 Å². The summed E-state index contributed by atoms with van der Waals surface area (Å²) in [5.74, 6) is -0.0901. The van der Waals surface area contributed by atoms with E-state index in [-0.39, 0.29) is 5.91 Å². The SMILES string of the molecule is CC(=O)NCC(=Cc1ccc2occc2c1)B1OC(C)(C)C(C)(C)O1. The van der Waals surface area contributed by atoms with Gasteiger partial charge in [-0.2, -0.15) is 0 Å². The van der Waals surface area contributed by atoms with Gasteiger partial charge in [0.25, 0.3) is 0 Å². The number of benzene rings is 1. The van der Waals surface area contributed by atoms with Crippen LogP contribution in [0.25, 0.3) is 17.0 Å². The maximum atomic E-state index is 11.4. The molecule has 1 N–H and O–H groups in total. The average Bonchev–Trinajstić information content (AvgIpc) is 3.05. The molecule has 0 spiro atoms. The highest BCUT2D eigenvalue weighted by molar-refractivity contribution is 6.56. The van der Waals surface area contributed by atoms with Crippen molar-refractivity contribution < 1.29 is 18.5 Å². The van der Waals surface area contributed by atoms with E-state index in [1.165, 1.54) is 6.92 Å². The largest absolute Gasteiger partial charge is 0.492 e. The number of hydrogen-bond donors (Lipinski definition) is 1. The molecule has 2 heterocycles. The summed E-state index contributed by atoms with van der Waals surface area (Å²) in [6.07, 6.45) is 3.68. The Balaban J connectivity index is 1.92. The molecule has 1 aromatic carbocycles. The number of hydrogen-bond acceptors (Lipinski definition) is 4. The minimum Gasteiger partial charge on any atom is -0.464 e. The van der Waals surface area contributed by atoms with E-state index in [0.29, 0.717) is 6.54 Å². The molecule has 2 aromatic rings. The smallest absolute Gasteiger partial charge is 0.464 e. The summed E-state index contributed by atoms with van der Waals surface area (Å²) in [6.45, 7) is 9.93. The Morgan fingerprint density at radius 1 is 1.16 bits per heavy atom. The van der Waals surface area contributed by atoms with E-state index in [1.807, 2.05) is 58.0 Å². The third-order valence-electron chi connectivity index (χ3n) is 4.93. The van der Waals surface area contributed by atoms with Crippen molar-refractivity contribution in [3.05, 3.63) is 41.6 Å². The van der Waals surface area contributed by atoms with Gasteiger partial charge in [-0.3, -0.25) is 4.79 Å². The summed E-state index contributed by atoms with van der Waals surface area (Å²) in [4.78, 5) is 11.4. The molecule has 0 atom stereocenters. The van der Waals surface area contributed by atoms with Gasteiger partial charge >= 0.3 is 7.12 Å². The first-order valence-electron chi connectivity index (χ1n) is 8.46. The monoisotopic (exact) mass is 341 g/mol. The highest BCUT2D eigenvalue weighted by atomic mass is 16.7. The number of furan rings is 1. The molecule has 132 valence electrons. The van der Waals surface area contributed by atoms with Crippen LogP contribution in [0.3, 0.4) is 0 Å². The lowest BCUT2D eigenvalue weighted by Gasteiger charge is -2.32. The first-order chi connectivity index (χ1) is 11.7. The molecule has 1 aliphatic rings. The van der Waals surface area contributed by atoms with Crippen molar-refractivity contribution in [1.29, 1.82) is 0 Å². The van der Waals surface area contributed by atoms with Gasteiger partial charge in [-0.25, -0.2) is 0 Å². The lowest BCUT2D eigenvalue weighted by molar-refractivity contribution is -0.118. The molecule has 0 radical (unpaired) electrons. The van der Waals surface area contributed by atoms with Gasteiger partial charge in [-0.05, 0) is 56.9 Å². The third-order valence-corrected chi connectivity index (χ3v) is 4.93. The Hall–Kier alpha value is -2.05. The van der Waals surface area contributed by atoms with Crippen LogP contribution in [-0.2, 0) is 14.1 Å². The highest BCUT2D eigenvalue weighted by Gasteiger charge is 2.52. The van der Waals surface area contributed by atoms with Crippen molar-refractivity contribution in [2.45, 2.75) is 45.8 Å². The van der Waals surface area contributed by atoms with Gasteiger partial charge in [0.15, 0.2) is 0 Å². The first kappa shape index (κ1) is 17.8. The van der Waals surface area contributed by atoms with E-state index in [9.17, 15) is 4.79 Å². The fourth-order valence-electron chi connectivity index (χ4n) is 2.71. The van der Waals surface area contributed by atoms with E-state index >= 15 is 0 Å². The molecule has 25 heavy (non-hydrogen) atoms. The van der Waals surface area contributed by atoms with E-state index in [4.69, 9.17) is 13.7 Å². The third kappa shape index (κ3) is 3.65. The zero-order valence-corrected chi connectivity index (χ0v) is 15.4. The zero-order chi connectivity index (χ0) is 18.2. The van der Waals surface area contributed by atoms with Crippen LogP contribution < -0.4 is 5.32 Å². The second-order valence-electron chi connectivity index (χ2n) is 7.44. The Morgan fingerprint density at radius 3 is 2.48 bits per heavy atom. The van der Waals surface area contributed by atoms with Gasteiger partial charge in [0, 0.05) is 18.9 Å². The molecule has 1 aliphatic heterocycles. The van der Waals surface area contributed by atoms with Gasteiger partial charge in [0.05, 0.1) is 17.5 Å². The number of rotatable bonds is 4. The van der Waals surface area contributed by atoms with Gasteiger partial charge in [0.1, 0.15) is 5.58 Å². The maximum Gasteiger partial charge on any atom is 0.492 e. The second kappa shape index (κ2) is 6.35. The van der Waals surface area contributed by atoms with Crippen LogP contribution in [0.15, 0.2) is 40.4 Å². The topological polar surface area (TPSA) is 60.7 Å². The highest BCUT2D eigenvalue weighted by Crippen LogP contribution is 2.38. The molecular formula is C19H24BNO4. The van der Waals surface area contributed by atoms with Gasteiger partial charge in [0.2, 0.25) is 5.91 Å². The molecule has 0 unspecified atom stereocenters. The molecule has 1 amide bonds. The molecule has 1 fully saturated rings. The normalized spacial score (nSPS) is 19.4. The van der Waals surface area contributed by atoms with Crippen LogP contribution in [-0.4, -0.2) is 30.8 Å². The summed E-state index contributed by atoms with van der Waals surface area (Å²) in [7, 11) is -0.503. The van der Waals surface area contributed by atoms with Crippen LogP contribution in [0, 0.1) is 0 Å². The van der Waals surface area contributed by atoms with E-state index < -0.39 is 18.3 Å². The molecule has 3 rings (SSSR count). The quantitative estimate of drug-likeness (QED) is 0.864. The van der Waals surface area contributed by atoms with Crippen molar-refractivity contribution in [3.8, 4) is 0 Å². The average molecular weight is 341 g/mol. The summed E-state index contributed by atoms with van der Waals surface area (Å²) in [6, 6.07) is 7.87. The molecule has 1 saturated heterocycles. The van der Waals surface area contributed by atoms with Crippen molar-refractivity contribution in [3.63, 3.8) is 0 Å². The zero-order valence-electron chi connectivity index (χ0n) is 15.4. The van der Waals surface area contributed by atoms with Gasteiger partial charge < -0.3 is 19.0 Å². The van der Waals surface area contributed by atoms with Crippen molar-refractivity contribution in [2.75, 3.05) is 6.54 Å². The number of amides is 1. The first-order valence-corrected chi connectivity index (χ1v) is 8.46. The number of fused-ring (bicyclic) bond motifs is 1. The molecule has 6 heteroatoms. The predicted octanol–water partition coefficient (Wildman–Crippen LogP) is 3.58. The van der Waals surface area contributed by atoms with Crippen LogP contribution >= 0.6 is 0 Å². The predicted molar refractivity (Wildman–Crippen MR) is 99.0 cm³/mol. The Morgan fingerprint density at radius 2 is 1.84 bits per heavy atom. The van der Waals surface area contributed by atoms with E-state index in [1.54, 1.807) is 6.26 Å².